The highest BCUT2D eigenvalue weighted by Gasteiger charge is 2.23. The summed E-state index contributed by atoms with van der Waals surface area (Å²) in [6, 6.07) is 4.20. The summed E-state index contributed by atoms with van der Waals surface area (Å²) >= 11 is 0. The van der Waals surface area contributed by atoms with Crippen LogP contribution in [0.2, 0.25) is 0 Å². The molecule has 0 amide bonds. The van der Waals surface area contributed by atoms with Crippen LogP contribution in [0.1, 0.15) is 70.6 Å². The minimum Gasteiger partial charge on any atom is -0.348 e. The molecule has 2 rings (SSSR count). The maximum Gasteiger partial charge on any atom is 0.184 e. The average molecular weight is 306 g/mol. The fourth-order valence-corrected chi connectivity index (χ4v) is 2.95. The Hall–Kier alpha value is -0.930. The number of hydrogen-bond acceptors (Lipinski definition) is 2. The van der Waals surface area contributed by atoms with Gasteiger partial charge in [-0.1, -0.05) is 45.4 Å². The lowest BCUT2D eigenvalue weighted by molar-refractivity contribution is -0.693. The molecular weight excluding hydrogens is 274 g/mol. The van der Waals surface area contributed by atoms with Crippen LogP contribution in [-0.2, 0) is 16.0 Å². The SMILES string of the molecule is CCCCCCCCC1COC(c2cc[n+](CC)cc2)OC1. The predicted molar refractivity (Wildman–Crippen MR) is 88.4 cm³/mol. The Morgan fingerprint density at radius 3 is 2.23 bits per heavy atom. The lowest BCUT2D eigenvalue weighted by Crippen LogP contribution is -2.32. The number of aryl methyl sites for hydroxylation is 1. The first-order chi connectivity index (χ1) is 10.8. The molecule has 0 aromatic carbocycles. The summed E-state index contributed by atoms with van der Waals surface area (Å²) in [6.45, 7) is 7.07. The molecule has 1 aromatic rings. The van der Waals surface area contributed by atoms with Crippen molar-refractivity contribution >= 4 is 0 Å². The van der Waals surface area contributed by atoms with E-state index in [-0.39, 0.29) is 6.29 Å². The van der Waals surface area contributed by atoms with Crippen LogP contribution in [0.3, 0.4) is 0 Å². The van der Waals surface area contributed by atoms with E-state index in [1.54, 1.807) is 0 Å². The summed E-state index contributed by atoms with van der Waals surface area (Å²) in [6.07, 6.45) is 13.4. The van der Waals surface area contributed by atoms with Crippen molar-refractivity contribution in [3.63, 3.8) is 0 Å². The van der Waals surface area contributed by atoms with Crippen LogP contribution in [0.5, 0.6) is 0 Å². The van der Waals surface area contributed by atoms with Gasteiger partial charge in [-0.05, 0) is 13.3 Å². The Bertz CT molecular complexity index is 396. The molecule has 3 nitrogen and oxygen atoms in total. The third kappa shape index (κ3) is 5.69. The van der Waals surface area contributed by atoms with Crippen LogP contribution in [-0.4, -0.2) is 13.2 Å². The molecule has 2 heterocycles. The molecule has 0 saturated carbocycles. The van der Waals surface area contributed by atoms with E-state index in [0.717, 1.165) is 25.3 Å². The van der Waals surface area contributed by atoms with Crippen molar-refractivity contribution < 1.29 is 14.0 Å². The van der Waals surface area contributed by atoms with E-state index in [9.17, 15) is 0 Å². The Labute approximate surface area is 135 Å². The second-order valence-corrected chi connectivity index (χ2v) is 6.38. The minimum absolute atomic E-state index is 0.174. The summed E-state index contributed by atoms with van der Waals surface area (Å²) in [5, 5.41) is 0. The van der Waals surface area contributed by atoms with Crippen LogP contribution in [0.25, 0.3) is 0 Å². The van der Waals surface area contributed by atoms with E-state index in [4.69, 9.17) is 9.47 Å². The van der Waals surface area contributed by atoms with Gasteiger partial charge in [0, 0.05) is 23.6 Å². The van der Waals surface area contributed by atoms with Gasteiger partial charge in [0.1, 0.15) is 6.54 Å². The van der Waals surface area contributed by atoms with Gasteiger partial charge >= 0.3 is 0 Å². The number of pyridine rings is 1. The molecular formula is C19H32NO2+. The van der Waals surface area contributed by atoms with Crippen LogP contribution >= 0.6 is 0 Å². The normalized spacial score (nSPS) is 21.9. The highest BCUT2D eigenvalue weighted by molar-refractivity contribution is 5.09. The number of nitrogens with zero attached hydrogens (tertiary/aromatic N) is 1. The third-order valence-electron chi connectivity index (χ3n) is 4.49. The molecule has 1 saturated heterocycles. The third-order valence-corrected chi connectivity index (χ3v) is 4.49. The Morgan fingerprint density at radius 1 is 0.955 bits per heavy atom. The quantitative estimate of drug-likeness (QED) is 0.498. The van der Waals surface area contributed by atoms with E-state index >= 15 is 0 Å². The van der Waals surface area contributed by atoms with Crippen molar-refractivity contribution in [2.45, 2.75) is 71.6 Å². The van der Waals surface area contributed by atoms with Crippen LogP contribution in [0.15, 0.2) is 24.5 Å². The molecule has 0 aliphatic carbocycles. The van der Waals surface area contributed by atoms with Crippen molar-refractivity contribution in [1.29, 1.82) is 0 Å². The molecule has 0 N–H and O–H groups in total. The fraction of sp³-hybridized carbons (Fsp3) is 0.737. The molecule has 1 aromatic heterocycles. The van der Waals surface area contributed by atoms with Crippen molar-refractivity contribution in [2.75, 3.05) is 13.2 Å². The Morgan fingerprint density at radius 2 is 1.59 bits per heavy atom. The maximum absolute atomic E-state index is 5.91. The topological polar surface area (TPSA) is 22.3 Å². The van der Waals surface area contributed by atoms with E-state index in [2.05, 4.69) is 42.9 Å². The largest absolute Gasteiger partial charge is 0.348 e. The molecule has 0 atom stereocenters. The number of hydrogen-bond donors (Lipinski definition) is 0. The summed E-state index contributed by atoms with van der Waals surface area (Å²) in [4.78, 5) is 0. The zero-order chi connectivity index (χ0) is 15.6. The van der Waals surface area contributed by atoms with E-state index in [1.165, 1.54) is 44.9 Å². The van der Waals surface area contributed by atoms with Gasteiger partial charge in [0.2, 0.25) is 0 Å². The van der Waals surface area contributed by atoms with Gasteiger partial charge in [-0.25, -0.2) is 4.57 Å². The molecule has 0 spiro atoms. The molecule has 1 aliphatic rings. The van der Waals surface area contributed by atoms with Crippen LogP contribution < -0.4 is 4.57 Å². The maximum atomic E-state index is 5.91. The molecule has 0 bridgehead atoms. The van der Waals surface area contributed by atoms with E-state index in [0.29, 0.717) is 5.92 Å². The first-order valence-corrected chi connectivity index (χ1v) is 9.05. The molecule has 3 heteroatoms. The Kier molecular flexibility index (Phi) is 7.89. The van der Waals surface area contributed by atoms with Gasteiger partial charge in [0.25, 0.3) is 0 Å². The molecule has 124 valence electrons. The first-order valence-electron chi connectivity index (χ1n) is 9.05. The number of unbranched alkanes of at least 4 members (excludes halogenated alkanes) is 5. The van der Waals surface area contributed by atoms with Crippen molar-refractivity contribution in [1.82, 2.24) is 0 Å². The number of rotatable bonds is 9. The zero-order valence-electron chi connectivity index (χ0n) is 14.3. The lowest BCUT2D eigenvalue weighted by atomic mass is 10.0. The fourth-order valence-electron chi connectivity index (χ4n) is 2.95. The predicted octanol–water partition coefficient (Wildman–Crippen LogP) is 4.41. The van der Waals surface area contributed by atoms with Gasteiger partial charge in [0.15, 0.2) is 18.7 Å². The second kappa shape index (κ2) is 9.96. The molecule has 0 radical (unpaired) electrons. The molecule has 0 unspecified atom stereocenters. The summed E-state index contributed by atoms with van der Waals surface area (Å²) in [5.74, 6) is 0.576. The van der Waals surface area contributed by atoms with Crippen molar-refractivity contribution in [3.05, 3.63) is 30.1 Å². The summed E-state index contributed by atoms with van der Waals surface area (Å²) < 4.78 is 14.0. The molecule has 22 heavy (non-hydrogen) atoms. The second-order valence-electron chi connectivity index (χ2n) is 6.38. The summed E-state index contributed by atoms with van der Waals surface area (Å²) in [7, 11) is 0. The molecule has 1 fully saturated rings. The lowest BCUT2D eigenvalue weighted by Gasteiger charge is -2.29. The minimum atomic E-state index is -0.174. The highest BCUT2D eigenvalue weighted by atomic mass is 16.7. The van der Waals surface area contributed by atoms with Gasteiger partial charge in [0.05, 0.1) is 13.2 Å². The average Bonchev–Trinajstić information content (AvgIpc) is 2.59. The zero-order valence-corrected chi connectivity index (χ0v) is 14.3. The van der Waals surface area contributed by atoms with E-state index < -0.39 is 0 Å². The van der Waals surface area contributed by atoms with E-state index in [1.807, 2.05) is 0 Å². The van der Waals surface area contributed by atoms with Gasteiger partial charge in [-0.2, -0.15) is 0 Å². The summed E-state index contributed by atoms with van der Waals surface area (Å²) in [5.41, 5.74) is 1.13. The highest BCUT2D eigenvalue weighted by Crippen LogP contribution is 2.26. The monoisotopic (exact) mass is 306 g/mol. The van der Waals surface area contributed by atoms with Gasteiger partial charge < -0.3 is 9.47 Å². The Balaban J connectivity index is 1.62. The number of ether oxygens (including phenoxy) is 2. The smallest absolute Gasteiger partial charge is 0.184 e. The first kappa shape index (κ1) is 17.4. The number of aromatic nitrogens is 1. The van der Waals surface area contributed by atoms with Crippen LogP contribution in [0.4, 0.5) is 0 Å². The van der Waals surface area contributed by atoms with Crippen molar-refractivity contribution in [3.8, 4) is 0 Å². The van der Waals surface area contributed by atoms with Gasteiger partial charge in [-0.3, -0.25) is 0 Å². The van der Waals surface area contributed by atoms with Crippen LogP contribution in [0, 0.1) is 5.92 Å². The standard InChI is InChI=1S/C19H32NO2/c1-3-5-6-7-8-9-10-17-15-21-19(22-16-17)18-11-13-20(4-2)14-12-18/h11-14,17,19H,3-10,15-16H2,1-2H3/q+1. The van der Waals surface area contributed by atoms with Crippen molar-refractivity contribution in [2.24, 2.45) is 5.92 Å². The molecule has 1 aliphatic heterocycles. The van der Waals surface area contributed by atoms with Gasteiger partial charge in [-0.15, -0.1) is 0 Å².